The molecule has 0 saturated carbocycles. The summed E-state index contributed by atoms with van der Waals surface area (Å²) >= 11 is 5.20. The molecule has 11 heteroatoms. The molecule has 4 nitrogen and oxygen atoms in total. The van der Waals surface area contributed by atoms with E-state index >= 15 is 0 Å². The van der Waals surface area contributed by atoms with Crippen molar-refractivity contribution in [3.05, 3.63) is 32.8 Å². The van der Waals surface area contributed by atoms with Crippen LogP contribution < -0.4 is 4.74 Å². The van der Waals surface area contributed by atoms with Crippen LogP contribution in [0.3, 0.4) is 0 Å². The molecule has 1 aromatic carbocycles. The lowest BCUT2D eigenvalue weighted by Crippen LogP contribution is -2.21. The van der Waals surface area contributed by atoms with Gasteiger partial charge in [-0.05, 0) is 6.07 Å². The summed E-state index contributed by atoms with van der Waals surface area (Å²) in [6, 6.07) is 0.438. The molecule has 0 aromatic heterocycles. The number of rotatable bonds is 2. The molecule has 0 unspecified atom stereocenters. The molecule has 1 aromatic rings. The van der Waals surface area contributed by atoms with Crippen LogP contribution in [0.2, 0.25) is 5.02 Å². The largest absolute Gasteiger partial charge is 0.573 e. The second-order valence-corrected chi connectivity index (χ2v) is 3.54. The van der Waals surface area contributed by atoms with Gasteiger partial charge in [-0.1, -0.05) is 11.6 Å². The van der Waals surface area contributed by atoms with Crippen molar-refractivity contribution in [2.24, 2.45) is 0 Å². The zero-order chi connectivity index (χ0) is 15.0. The van der Waals surface area contributed by atoms with E-state index in [1.165, 1.54) is 0 Å². The van der Waals surface area contributed by atoms with E-state index in [-0.39, 0.29) is 6.07 Å². The predicted molar refractivity (Wildman–Crippen MR) is 49.8 cm³/mol. The van der Waals surface area contributed by atoms with E-state index < -0.39 is 39.5 Å². The molecular formula is C8H2ClF6NO3. The summed E-state index contributed by atoms with van der Waals surface area (Å²) < 4.78 is 76.7. The number of ether oxygens (including phenoxy) is 1. The van der Waals surface area contributed by atoms with Gasteiger partial charge in [0.25, 0.3) is 0 Å². The average molecular weight is 310 g/mol. The Morgan fingerprint density at radius 1 is 1.16 bits per heavy atom. The Balaban J connectivity index is 3.57. The average Bonchev–Trinajstić information content (AvgIpc) is 2.16. The van der Waals surface area contributed by atoms with E-state index in [4.69, 9.17) is 11.6 Å². The summed E-state index contributed by atoms with van der Waals surface area (Å²) in [5.74, 6) is -1.95. The number of nitro groups is 1. The van der Waals surface area contributed by atoms with Crippen LogP contribution in [0.25, 0.3) is 0 Å². The molecule has 0 aliphatic heterocycles. The molecule has 106 valence electrons. The van der Waals surface area contributed by atoms with Gasteiger partial charge in [0.1, 0.15) is 5.56 Å². The third-order valence-corrected chi connectivity index (χ3v) is 1.97. The Bertz CT molecular complexity index is 512. The maximum atomic E-state index is 12.5. The number of benzene rings is 1. The highest BCUT2D eigenvalue weighted by Crippen LogP contribution is 2.45. The number of nitro benzene ring substituents is 1. The van der Waals surface area contributed by atoms with Crippen molar-refractivity contribution in [2.45, 2.75) is 12.5 Å². The van der Waals surface area contributed by atoms with E-state index in [1.54, 1.807) is 0 Å². The number of alkyl halides is 6. The first-order valence-corrected chi connectivity index (χ1v) is 4.60. The Morgan fingerprint density at radius 3 is 2.05 bits per heavy atom. The number of hydrogen-bond donors (Lipinski definition) is 0. The van der Waals surface area contributed by atoms with Crippen molar-refractivity contribution in [1.82, 2.24) is 0 Å². The highest BCUT2D eigenvalue weighted by atomic mass is 35.5. The lowest BCUT2D eigenvalue weighted by atomic mass is 10.1. The fourth-order valence-corrected chi connectivity index (χ4v) is 1.36. The number of halogens is 7. The molecule has 0 fully saturated rings. The zero-order valence-corrected chi connectivity index (χ0v) is 9.23. The zero-order valence-electron chi connectivity index (χ0n) is 8.47. The van der Waals surface area contributed by atoms with Gasteiger partial charge in [0, 0.05) is 11.1 Å². The van der Waals surface area contributed by atoms with Crippen LogP contribution in [0.15, 0.2) is 12.1 Å². The predicted octanol–water partition coefficient (Wildman–Crippen LogP) is 4.17. The fraction of sp³-hybridized carbons (Fsp3) is 0.250. The van der Waals surface area contributed by atoms with E-state index in [2.05, 4.69) is 4.74 Å². The van der Waals surface area contributed by atoms with Gasteiger partial charge in [0.2, 0.25) is 5.75 Å². The molecule has 0 N–H and O–H groups in total. The normalized spacial score (nSPS) is 12.4. The third kappa shape index (κ3) is 3.88. The maximum absolute atomic E-state index is 12.5. The van der Waals surface area contributed by atoms with E-state index in [0.29, 0.717) is 6.07 Å². The summed E-state index contributed by atoms with van der Waals surface area (Å²) in [7, 11) is 0. The molecule has 1 rings (SSSR count). The topological polar surface area (TPSA) is 52.4 Å². The molecule has 0 bridgehead atoms. The Hall–Kier alpha value is -1.71. The second kappa shape index (κ2) is 4.76. The van der Waals surface area contributed by atoms with Crippen LogP contribution in [-0.4, -0.2) is 11.3 Å². The summed E-state index contributed by atoms with van der Waals surface area (Å²) in [6.07, 6.45) is -10.8. The summed E-state index contributed by atoms with van der Waals surface area (Å²) in [6.45, 7) is 0. The summed E-state index contributed by atoms with van der Waals surface area (Å²) in [5, 5.41) is 9.73. The standard InChI is InChI=1S/C8H2ClF6NO3/c9-3-1-4(7(10,11)12)6(19-8(13,14)15)5(2-3)16(17)18/h1-2H. The van der Waals surface area contributed by atoms with Crippen molar-refractivity contribution in [3.63, 3.8) is 0 Å². The van der Waals surface area contributed by atoms with Crippen molar-refractivity contribution >= 4 is 17.3 Å². The molecule has 0 heterocycles. The van der Waals surface area contributed by atoms with Gasteiger partial charge in [-0.15, -0.1) is 13.2 Å². The van der Waals surface area contributed by atoms with Crippen molar-refractivity contribution in [2.75, 3.05) is 0 Å². The van der Waals surface area contributed by atoms with Crippen LogP contribution >= 0.6 is 11.6 Å². The van der Waals surface area contributed by atoms with Crippen LogP contribution in [0.4, 0.5) is 32.0 Å². The Kier molecular flexibility index (Phi) is 3.84. The van der Waals surface area contributed by atoms with Crippen LogP contribution in [-0.2, 0) is 6.18 Å². The van der Waals surface area contributed by atoms with Crippen molar-refractivity contribution < 1.29 is 36.0 Å². The number of nitrogens with zero attached hydrogens (tertiary/aromatic N) is 1. The van der Waals surface area contributed by atoms with E-state index in [9.17, 15) is 36.5 Å². The van der Waals surface area contributed by atoms with E-state index in [0.717, 1.165) is 0 Å². The second-order valence-electron chi connectivity index (χ2n) is 3.10. The van der Waals surface area contributed by atoms with Gasteiger partial charge in [-0.3, -0.25) is 10.1 Å². The first kappa shape index (κ1) is 15.3. The van der Waals surface area contributed by atoms with Crippen LogP contribution in [0.1, 0.15) is 5.56 Å². The van der Waals surface area contributed by atoms with Gasteiger partial charge in [0.15, 0.2) is 0 Å². The lowest BCUT2D eigenvalue weighted by Gasteiger charge is -2.15. The molecule has 0 radical (unpaired) electrons. The quantitative estimate of drug-likeness (QED) is 0.468. The van der Waals surface area contributed by atoms with Gasteiger partial charge < -0.3 is 4.74 Å². The van der Waals surface area contributed by atoms with Gasteiger partial charge in [0.05, 0.1) is 4.92 Å². The van der Waals surface area contributed by atoms with Gasteiger partial charge in [-0.25, -0.2) is 0 Å². The summed E-state index contributed by atoms with van der Waals surface area (Å²) in [5.41, 5.74) is -3.51. The maximum Gasteiger partial charge on any atom is 0.573 e. The molecule has 19 heavy (non-hydrogen) atoms. The minimum absolute atomic E-state index is 0.107. The molecule has 0 saturated heterocycles. The van der Waals surface area contributed by atoms with Crippen molar-refractivity contribution in [3.8, 4) is 5.75 Å². The van der Waals surface area contributed by atoms with Crippen LogP contribution in [0.5, 0.6) is 5.75 Å². The summed E-state index contributed by atoms with van der Waals surface area (Å²) in [4.78, 5) is 9.02. The minimum atomic E-state index is -5.52. The highest BCUT2D eigenvalue weighted by molar-refractivity contribution is 6.31. The lowest BCUT2D eigenvalue weighted by molar-refractivity contribution is -0.389. The molecule has 0 aliphatic carbocycles. The highest BCUT2D eigenvalue weighted by Gasteiger charge is 2.43. The first-order valence-electron chi connectivity index (χ1n) is 4.22. The molecule has 0 amide bonds. The Labute approximate surface area is 105 Å². The van der Waals surface area contributed by atoms with Gasteiger partial charge >= 0.3 is 18.2 Å². The monoisotopic (exact) mass is 309 g/mol. The third-order valence-electron chi connectivity index (χ3n) is 1.75. The molecule has 0 aliphatic rings. The van der Waals surface area contributed by atoms with Crippen molar-refractivity contribution in [1.29, 1.82) is 0 Å². The smallest absolute Gasteiger partial charge is 0.398 e. The van der Waals surface area contributed by atoms with Crippen LogP contribution in [0, 0.1) is 10.1 Å². The Morgan fingerprint density at radius 2 is 1.68 bits per heavy atom. The molecule has 0 atom stereocenters. The minimum Gasteiger partial charge on any atom is -0.398 e. The fourth-order valence-electron chi connectivity index (χ4n) is 1.15. The first-order chi connectivity index (χ1) is 8.42. The SMILES string of the molecule is O=[N+]([O-])c1cc(Cl)cc(C(F)(F)F)c1OC(F)(F)F. The molecule has 0 spiro atoms. The molecular weight excluding hydrogens is 308 g/mol. The van der Waals surface area contributed by atoms with Gasteiger partial charge in [-0.2, -0.15) is 13.2 Å². The number of hydrogen-bond acceptors (Lipinski definition) is 3. The van der Waals surface area contributed by atoms with E-state index in [1.807, 2.05) is 0 Å².